The molecule has 2 saturated carbocycles. The molecule has 154 valence electrons. The van der Waals surface area contributed by atoms with Gasteiger partial charge in [0, 0.05) is 26.2 Å². The lowest BCUT2D eigenvalue weighted by atomic mass is 10.0. The molecule has 0 aromatic carbocycles. The van der Waals surface area contributed by atoms with Crippen LogP contribution < -0.4 is 0 Å². The average molecular weight is 398 g/mol. The van der Waals surface area contributed by atoms with E-state index < -0.39 is 9.84 Å². The zero-order valence-corrected chi connectivity index (χ0v) is 18.3. The Labute approximate surface area is 164 Å². The predicted octanol–water partition coefficient (Wildman–Crippen LogP) is 2.97. The van der Waals surface area contributed by atoms with Gasteiger partial charge in [0.05, 0.1) is 24.3 Å². The molecule has 7 heteroatoms. The highest BCUT2D eigenvalue weighted by Gasteiger charge is 2.43. The third kappa shape index (κ3) is 5.33. The molecular weight excluding hydrogens is 362 g/mol. The van der Waals surface area contributed by atoms with Gasteiger partial charge in [-0.25, -0.2) is 13.4 Å². The van der Waals surface area contributed by atoms with E-state index in [1.165, 1.54) is 25.7 Å². The van der Waals surface area contributed by atoms with Crippen LogP contribution in [0.25, 0.3) is 0 Å². The number of ether oxygens (including phenoxy) is 1. The summed E-state index contributed by atoms with van der Waals surface area (Å²) in [7, 11) is 0.376. The highest BCUT2D eigenvalue weighted by Crippen LogP contribution is 2.47. The highest BCUT2D eigenvalue weighted by atomic mass is 32.2. The van der Waals surface area contributed by atoms with Crippen molar-refractivity contribution in [1.82, 2.24) is 14.5 Å². The summed E-state index contributed by atoms with van der Waals surface area (Å²) in [5, 5.41) is 0.187. The Bertz CT molecular complexity index is 731. The van der Waals surface area contributed by atoms with Crippen molar-refractivity contribution in [3.05, 3.63) is 11.9 Å². The lowest BCUT2D eigenvalue weighted by molar-refractivity contribution is 0.170. The van der Waals surface area contributed by atoms with Gasteiger partial charge in [0.1, 0.15) is 0 Å². The molecule has 0 unspecified atom stereocenters. The molecule has 1 aromatic rings. The summed E-state index contributed by atoms with van der Waals surface area (Å²) in [5.41, 5.74) is 0.657. The summed E-state index contributed by atoms with van der Waals surface area (Å²) >= 11 is 0. The Morgan fingerprint density at radius 2 is 1.85 bits per heavy atom. The van der Waals surface area contributed by atoms with E-state index in [0.717, 1.165) is 24.1 Å². The monoisotopic (exact) mass is 397 g/mol. The molecule has 0 aliphatic heterocycles. The predicted molar refractivity (Wildman–Crippen MR) is 106 cm³/mol. The Morgan fingerprint density at radius 3 is 2.33 bits per heavy atom. The zero-order chi connectivity index (χ0) is 19.8. The van der Waals surface area contributed by atoms with Gasteiger partial charge in [-0.05, 0) is 50.0 Å². The summed E-state index contributed by atoms with van der Waals surface area (Å²) in [6.45, 7) is 7.54. The van der Waals surface area contributed by atoms with Gasteiger partial charge < -0.3 is 9.30 Å². The first-order valence-corrected chi connectivity index (χ1v) is 11.7. The van der Waals surface area contributed by atoms with E-state index >= 15 is 0 Å². The fourth-order valence-corrected chi connectivity index (χ4v) is 6.19. The number of sulfone groups is 1. The first-order valence-electron chi connectivity index (χ1n) is 10.1. The molecule has 2 aliphatic carbocycles. The Morgan fingerprint density at radius 1 is 1.26 bits per heavy atom. The fourth-order valence-electron chi connectivity index (χ4n) is 4.16. The van der Waals surface area contributed by atoms with Crippen LogP contribution in [0.2, 0.25) is 0 Å². The Kier molecular flexibility index (Phi) is 6.04. The van der Waals surface area contributed by atoms with E-state index in [1.54, 1.807) is 13.3 Å². The lowest BCUT2D eigenvalue weighted by Gasteiger charge is -2.28. The maximum Gasteiger partial charge on any atom is 0.227 e. The van der Waals surface area contributed by atoms with E-state index in [-0.39, 0.29) is 16.3 Å². The third-order valence-corrected chi connectivity index (χ3v) is 7.58. The second-order valence-electron chi connectivity index (χ2n) is 9.58. The average Bonchev–Trinajstić information content (AvgIpc) is 3.45. The summed E-state index contributed by atoms with van der Waals surface area (Å²) in [5.74, 6) is 1.73. The van der Waals surface area contributed by atoms with Gasteiger partial charge in [0.25, 0.3) is 0 Å². The number of methoxy groups -OCH3 is 1. The summed E-state index contributed by atoms with van der Waals surface area (Å²) in [6.07, 6.45) is 7.08. The van der Waals surface area contributed by atoms with E-state index in [1.807, 2.05) is 25.3 Å². The van der Waals surface area contributed by atoms with Crippen LogP contribution in [0.5, 0.6) is 0 Å². The summed E-state index contributed by atoms with van der Waals surface area (Å²) in [4.78, 5) is 6.78. The van der Waals surface area contributed by atoms with Crippen molar-refractivity contribution in [3.63, 3.8) is 0 Å². The first kappa shape index (κ1) is 20.8. The fraction of sp³-hybridized carbons (Fsp3) is 0.850. The minimum Gasteiger partial charge on any atom is -0.383 e. The molecule has 0 saturated heterocycles. The van der Waals surface area contributed by atoms with Gasteiger partial charge in [-0.15, -0.1) is 0 Å². The van der Waals surface area contributed by atoms with Crippen molar-refractivity contribution in [3.8, 4) is 0 Å². The van der Waals surface area contributed by atoms with Crippen LogP contribution >= 0.6 is 0 Å². The van der Waals surface area contributed by atoms with Crippen molar-refractivity contribution in [2.45, 2.75) is 70.7 Å². The molecule has 2 fully saturated rings. The maximum atomic E-state index is 13.0. The van der Waals surface area contributed by atoms with Crippen molar-refractivity contribution in [2.24, 2.45) is 17.3 Å². The lowest BCUT2D eigenvalue weighted by Crippen LogP contribution is -2.35. The standard InChI is InChI=1S/C20H35N3O3S/c1-20(2,3)14-27(24,25)19-21-12-17(23(19)10-11-26-5)13-22(4)18(15-6-7-15)16-8-9-16/h12,15-16,18H,6-11,13-14H2,1-5H3. The van der Waals surface area contributed by atoms with Gasteiger partial charge in [0.15, 0.2) is 0 Å². The smallest absolute Gasteiger partial charge is 0.227 e. The number of nitrogens with zero attached hydrogens (tertiary/aromatic N) is 3. The van der Waals surface area contributed by atoms with Crippen LogP contribution in [-0.2, 0) is 27.7 Å². The van der Waals surface area contributed by atoms with Crippen LogP contribution in [0, 0.1) is 17.3 Å². The molecule has 6 nitrogen and oxygen atoms in total. The van der Waals surface area contributed by atoms with E-state index in [4.69, 9.17) is 4.74 Å². The normalized spacial score (nSPS) is 18.6. The molecule has 0 atom stereocenters. The maximum absolute atomic E-state index is 13.0. The number of aromatic nitrogens is 2. The van der Waals surface area contributed by atoms with Crippen molar-refractivity contribution in [2.75, 3.05) is 26.5 Å². The molecule has 0 spiro atoms. The Hall–Kier alpha value is -0.920. The van der Waals surface area contributed by atoms with Gasteiger partial charge in [0.2, 0.25) is 15.0 Å². The molecular formula is C20H35N3O3S. The number of hydrogen-bond acceptors (Lipinski definition) is 5. The van der Waals surface area contributed by atoms with Crippen LogP contribution in [0.1, 0.15) is 52.1 Å². The molecule has 0 radical (unpaired) electrons. The molecule has 3 rings (SSSR count). The number of imidazole rings is 1. The molecule has 0 amide bonds. The van der Waals surface area contributed by atoms with Gasteiger partial charge in [-0.1, -0.05) is 20.8 Å². The number of rotatable bonds is 10. The topological polar surface area (TPSA) is 64.4 Å². The van der Waals surface area contributed by atoms with Crippen molar-refractivity contribution in [1.29, 1.82) is 0 Å². The van der Waals surface area contributed by atoms with Crippen molar-refractivity contribution >= 4 is 9.84 Å². The molecule has 2 aliphatic rings. The minimum absolute atomic E-state index is 0.0893. The summed E-state index contributed by atoms with van der Waals surface area (Å²) in [6, 6.07) is 0.630. The Balaban J connectivity index is 1.83. The van der Waals surface area contributed by atoms with Crippen LogP contribution in [0.4, 0.5) is 0 Å². The van der Waals surface area contributed by atoms with E-state index in [2.05, 4.69) is 16.9 Å². The van der Waals surface area contributed by atoms with E-state index in [0.29, 0.717) is 19.2 Å². The van der Waals surface area contributed by atoms with Gasteiger partial charge in [-0.2, -0.15) is 0 Å². The van der Waals surface area contributed by atoms with Crippen LogP contribution in [0.15, 0.2) is 11.4 Å². The zero-order valence-electron chi connectivity index (χ0n) is 17.4. The SMILES string of the molecule is COCCn1c(CN(C)C(C2CC2)C2CC2)cnc1S(=O)(=O)CC(C)(C)C. The van der Waals surface area contributed by atoms with Crippen LogP contribution in [-0.4, -0.2) is 55.4 Å². The largest absolute Gasteiger partial charge is 0.383 e. The molecule has 1 heterocycles. The molecule has 0 N–H and O–H groups in total. The van der Waals surface area contributed by atoms with Crippen LogP contribution in [0.3, 0.4) is 0 Å². The van der Waals surface area contributed by atoms with Gasteiger partial charge in [-0.3, -0.25) is 4.90 Å². The highest BCUT2D eigenvalue weighted by molar-refractivity contribution is 7.91. The molecule has 1 aromatic heterocycles. The van der Waals surface area contributed by atoms with E-state index in [9.17, 15) is 8.42 Å². The number of hydrogen-bond donors (Lipinski definition) is 0. The summed E-state index contributed by atoms with van der Waals surface area (Å²) < 4.78 is 33.0. The minimum atomic E-state index is -3.44. The van der Waals surface area contributed by atoms with Crippen molar-refractivity contribution < 1.29 is 13.2 Å². The second-order valence-corrected chi connectivity index (χ2v) is 11.5. The van der Waals surface area contributed by atoms with Gasteiger partial charge >= 0.3 is 0 Å². The first-order chi connectivity index (χ1) is 12.6. The second kappa shape index (κ2) is 7.84. The third-order valence-electron chi connectivity index (χ3n) is 5.45. The molecule has 27 heavy (non-hydrogen) atoms. The molecule has 0 bridgehead atoms. The quantitative estimate of drug-likeness (QED) is 0.607.